The van der Waals surface area contributed by atoms with Crippen LogP contribution in [0, 0.1) is 11.6 Å². The maximum absolute atomic E-state index is 14.7. The molecule has 0 radical (unpaired) electrons. The van der Waals surface area contributed by atoms with Crippen LogP contribution in [0.3, 0.4) is 0 Å². The van der Waals surface area contributed by atoms with E-state index in [-0.39, 0.29) is 23.4 Å². The van der Waals surface area contributed by atoms with E-state index < -0.39 is 41.6 Å². The van der Waals surface area contributed by atoms with Gasteiger partial charge in [-0.3, -0.25) is 0 Å². The number of fused-ring (bicyclic) bond motifs is 1. The van der Waals surface area contributed by atoms with Crippen LogP contribution in [0.15, 0.2) is 16.5 Å². The first-order valence-corrected chi connectivity index (χ1v) is 9.43. The first-order chi connectivity index (χ1) is 13.2. The molecule has 1 aromatic heterocycles. The van der Waals surface area contributed by atoms with Crippen molar-refractivity contribution < 1.29 is 32.0 Å². The van der Waals surface area contributed by atoms with Crippen LogP contribution in [0.2, 0.25) is 0 Å². The topological polar surface area (TPSA) is 69.9 Å². The Morgan fingerprint density at radius 1 is 1.10 bits per heavy atom. The van der Waals surface area contributed by atoms with E-state index in [9.17, 15) is 13.6 Å². The third-order valence-electron chi connectivity index (χ3n) is 5.08. The van der Waals surface area contributed by atoms with Gasteiger partial charge in [-0.2, -0.15) is 4.39 Å². The standard InChI is InChI=1S/C20H26BF2NO5/c1-18(2,3)27-17(25)24-10-12-8-11-9-13(14(22)15(23)16(11)26-12)21-28-19(4,5)20(6,7)29-21/h8-9H,10H2,1-7H3,(H,24,25). The van der Waals surface area contributed by atoms with E-state index in [1.54, 1.807) is 20.8 Å². The molecule has 158 valence electrons. The number of ether oxygens (including phenoxy) is 1. The molecule has 9 heteroatoms. The molecule has 1 N–H and O–H groups in total. The predicted octanol–water partition coefficient (Wildman–Crippen LogP) is 4.03. The highest BCUT2D eigenvalue weighted by molar-refractivity contribution is 6.62. The third kappa shape index (κ3) is 4.26. The summed E-state index contributed by atoms with van der Waals surface area (Å²) in [5.41, 5.74) is -2.29. The number of benzene rings is 1. The lowest BCUT2D eigenvalue weighted by atomic mass is 9.78. The normalized spacial score (nSPS) is 18.3. The zero-order chi connectivity index (χ0) is 21.8. The molecule has 1 fully saturated rings. The van der Waals surface area contributed by atoms with Crippen molar-refractivity contribution in [3.8, 4) is 0 Å². The molecule has 2 aromatic rings. The summed E-state index contributed by atoms with van der Waals surface area (Å²) in [6, 6.07) is 2.97. The summed E-state index contributed by atoms with van der Waals surface area (Å²) >= 11 is 0. The summed E-state index contributed by atoms with van der Waals surface area (Å²) in [5.74, 6) is -1.96. The van der Waals surface area contributed by atoms with Crippen molar-refractivity contribution in [2.24, 2.45) is 0 Å². The zero-order valence-electron chi connectivity index (χ0n) is 17.7. The molecule has 6 nitrogen and oxygen atoms in total. The number of amides is 1. The van der Waals surface area contributed by atoms with Gasteiger partial charge in [0.05, 0.1) is 17.7 Å². The predicted molar refractivity (Wildman–Crippen MR) is 105 cm³/mol. The van der Waals surface area contributed by atoms with Crippen LogP contribution in [0.1, 0.15) is 54.2 Å². The molecule has 0 aliphatic carbocycles. The summed E-state index contributed by atoms with van der Waals surface area (Å²) in [4.78, 5) is 11.8. The number of carbonyl (C=O) groups is 1. The average molecular weight is 409 g/mol. The van der Waals surface area contributed by atoms with Gasteiger partial charge in [0.15, 0.2) is 11.4 Å². The van der Waals surface area contributed by atoms with Crippen LogP contribution in [-0.2, 0) is 20.6 Å². The summed E-state index contributed by atoms with van der Waals surface area (Å²) in [7, 11) is -1.04. The van der Waals surface area contributed by atoms with Crippen LogP contribution in [0.4, 0.5) is 13.6 Å². The van der Waals surface area contributed by atoms with Crippen LogP contribution in [0.5, 0.6) is 0 Å². The van der Waals surface area contributed by atoms with E-state index in [2.05, 4.69) is 5.32 Å². The molecule has 2 heterocycles. The lowest BCUT2D eigenvalue weighted by molar-refractivity contribution is 0.00578. The molecule has 0 bridgehead atoms. The van der Waals surface area contributed by atoms with Crippen LogP contribution < -0.4 is 10.8 Å². The Morgan fingerprint density at radius 3 is 2.24 bits per heavy atom. The Morgan fingerprint density at radius 2 is 1.69 bits per heavy atom. The van der Waals surface area contributed by atoms with Crippen molar-refractivity contribution in [3.63, 3.8) is 0 Å². The fourth-order valence-corrected chi connectivity index (χ4v) is 2.90. The Balaban J connectivity index is 1.85. The Kier molecular flexibility index (Phi) is 5.20. The molecule has 0 atom stereocenters. The van der Waals surface area contributed by atoms with E-state index in [1.165, 1.54) is 12.1 Å². The molecule has 3 rings (SSSR count). The molecule has 0 saturated carbocycles. The van der Waals surface area contributed by atoms with Crippen LogP contribution in [0.25, 0.3) is 11.0 Å². The summed E-state index contributed by atoms with van der Waals surface area (Å²) in [5, 5.41) is 2.86. The lowest BCUT2D eigenvalue weighted by Crippen LogP contribution is -2.41. The second-order valence-electron chi connectivity index (χ2n) is 9.17. The SMILES string of the molecule is CC(C)(C)OC(=O)NCc1cc2cc(B3OC(C)(C)C(C)(C)O3)c(F)c(F)c2o1. The highest BCUT2D eigenvalue weighted by Gasteiger charge is 2.52. The summed E-state index contributed by atoms with van der Waals surface area (Å²) in [6.07, 6.45) is -0.637. The second-order valence-corrected chi connectivity index (χ2v) is 9.17. The molecule has 29 heavy (non-hydrogen) atoms. The van der Waals surface area contributed by atoms with E-state index in [0.29, 0.717) is 5.39 Å². The van der Waals surface area contributed by atoms with Crippen molar-refractivity contribution in [2.45, 2.75) is 71.8 Å². The van der Waals surface area contributed by atoms with Gasteiger partial charge in [-0.25, -0.2) is 9.18 Å². The maximum atomic E-state index is 14.7. The first kappa shape index (κ1) is 21.6. The molecule has 1 amide bonds. The lowest BCUT2D eigenvalue weighted by Gasteiger charge is -2.32. The van der Waals surface area contributed by atoms with Gasteiger partial charge in [-0.15, -0.1) is 0 Å². The third-order valence-corrected chi connectivity index (χ3v) is 5.08. The van der Waals surface area contributed by atoms with Crippen LogP contribution >= 0.6 is 0 Å². The van der Waals surface area contributed by atoms with Gasteiger partial charge in [-0.05, 0) is 60.6 Å². The fraction of sp³-hybridized carbons (Fsp3) is 0.550. The van der Waals surface area contributed by atoms with E-state index in [1.807, 2.05) is 27.7 Å². The molecule has 1 aromatic carbocycles. The van der Waals surface area contributed by atoms with Gasteiger partial charge >= 0.3 is 13.2 Å². The maximum Gasteiger partial charge on any atom is 0.497 e. The number of furan rings is 1. The smallest absolute Gasteiger partial charge is 0.456 e. The van der Waals surface area contributed by atoms with Crippen molar-refractivity contribution >= 4 is 29.6 Å². The van der Waals surface area contributed by atoms with E-state index >= 15 is 0 Å². The zero-order valence-corrected chi connectivity index (χ0v) is 17.7. The molecule has 0 unspecified atom stereocenters. The van der Waals surface area contributed by atoms with Gasteiger partial charge in [0.1, 0.15) is 11.4 Å². The van der Waals surface area contributed by atoms with Crippen molar-refractivity contribution in [2.75, 3.05) is 0 Å². The molecule has 0 spiro atoms. The number of rotatable bonds is 3. The van der Waals surface area contributed by atoms with Crippen molar-refractivity contribution in [3.05, 3.63) is 29.5 Å². The Labute approximate surface area is 169 Å². The molecular formula is C20H26BF2NO5. The number of nitrogens with one attached hydrogen (secondary N) is 1. The number of carbonyl (C=O) groups excluding carboxylic acids is 1. The van der Waals surface area contributed by atoms with E-state index in [4.69, 9.17) is 18.5 Å². The first-order valence-electron chi connectivity index (χ1n) is 9.43. The Hall–Kier alpha value is -2.13. The highest BCUT2D eigenvalue weighted by atomic mass is 19.2. The molecular weight excluding hydrogens is 383 g/mol. The van der Waals surface area contributed by atoms with Gasteiger partial charge in [0.25, 0.3) is 0 Å². The van der Waals surface area contributed by atoms with Gasteiger partial charge in [0, 0.05) is 10.8 Å². The minimum atomic E-state index is -1.13. The fourth-order valence-electron chi connectivity index (χ4n) is 2.90. The monoisotopic (exact) mass is 409 g/mol. The van der Waals surface area contributed by atoms with Crippen molar-refractivity contribution in [1.82, 2.24) is 5.32 Å². The number of hydrogen-bond donors (Lipinski definition) is 1. The average Bonchev–Trinajstić information content (AvgIpc) is 3.05. The summed E-state index contributed by atoms with van der Waals surface area (Å²) in [6.45, 7) is 12.5. The minimum Gasteiger partial charge on any atom is -0.456 e. The van der Waals surface area contributed by atoms with Gasteiger partial charge in [-0.1, -0.05) is 0 Å². The molecule has 1 saturated heterocycles. The number of alkyl carbamates (subject to hydrolysis) is 1. The number of hydrogen-bond acceptors (Lipinski definition) is 5. The van der Waals surface area contributed by atoms with Gasteiger partial charge in [0.2, 0.25) is 5.82 Å². The highest BCUT2D eigenvalue weighted by Crippen LogP contribution is 2.37. The summed E-state index contributed by atoms with van der Waals surface area (Å²) < 4.78 is 51.6. The van der Waals surface area contributed by atoms with Gasteiger partial charge < -0.3 is 23.8 Å². The Bertz CT molecular complexity index is 932. The quantitative estimate of drug-likeness (QED) is 0.776. The second kappa shape index (κ2) is 6.99. The minimum absolute atomic E-state index is 0.0313. The molecule has 1 aliphatic rings. The van der Waals surface area contributed by atoms with Crippen molar-refractivity contribution in [1.29, 1.82) is 0 Å². The van der Waals surface area contributed by atoms with E-state index in [0.717, 1.165) is 0 Å². The number of halogens is 2. The molecule has 1 aliphatic heterocycles. The van der Waals surface area contributed by atoms with Crippen LogP contribution in [-0.4, -0.2) is 30.0 Å². The largest absolute Gasteiger partial charge is 0.497 e.